The number of rotatable bonds is 6. The van der Waals surface area contributed by atoms with E-state index in [4.69, 9.17) is 4.74 Å². The van der Waals surface area contributed by atoms with Crippen molar-refractivity contribution in [3.05, 3.63) is 41.4 Å². The zero-order valence-electron chi connectivity index (χ0n) is 17.0. The molecule has 0 bridgehead atoms. The highest BCUT2D eigenvalue weighted by Crippen LogP contribution is 2.31. The molecule has 0 aliphatic heterocycles. The van der Waals surface area contributed by atoms with Gasteiger partial charge in [-0.1, -0.05) is 56.7 Å². The van der Waals surface area contributed by atoms with Crippen LogP contribution in [-0.4, -0.2) is 28.0 Å². The molecule has 2 aliphatic rings. The van der Waals surface area contributed by atoms with Gasteiger partial charge in [0, 0.05) is 17.5 Å². The molecular formula is C23H31N3O2S. The zero-order valence-corrected chi connectivity index (χ0v) is 17.8. The van der Waals surface area contributed by atoms with Crippen molar-refractivity contribution in [1.82, 2.24) is 9.88 Å². The Bertz CT molecular complexity index is 749. The number of carbonyl (C=O) groups excluding carboxylic acids is 1. The molecule has 2 aliphatic carbocycles. The molecule has 0 unspecified atom stereocenters. The first kappa shape index (κ1) is 20.2. The number of anilines is 1. The number of hydrogen-bond donors (Lipinski definition) is 1. The second-order valence-electron chi connectivity index (χ2n) is 8.17. The van der Waals surface area contributed by atoms with E-state index in [9.17, 15) is 4.79 Å². The number of aromatic nitrogens is 1. The number of hydrogen-bond acceptors (Lipinski definition) is 4. The Morgan fingerprint density at radius 1 is 1.00 bits per heavy atom. The highest BCUT2D eigenvalue weighted by molar-refractivity contribution is 7.13. The van der Waals surface area contributed by atoms with Gasteiger partial charge in [-0.3, -0.25) is 5.32 Å². The second kappa shape index (κ2) is 10.1. The molecule has 6 heteroatoms. The minimum Gasteiger partial charge on any atom is -0.487 e. The maximum absolute atomic E-state index is 13.3. The van der Waals surface area contributed by atoms with Crippen molar-refractivity contribution < 1.29 is 9.53 Å². The summed E-state index contributed by atoms with van der Waals surface area (Å²) >= 11 is 1.47. The Balaban J connectivity index is 1.38. The van der Waals surface area contributed by atoms with E-state index in [-0.39, 0.29) is 6.03 Å². The van der Waals surface area contributed by atoms with Crippen LogP contribution in [0.25, 0.3) is 0 Å². The molecule has 1 heterocycles. The Hall–Kier alpha value is -2.08. The molecule has 0 saturated heterocycles. The molecule has 5 nitrogen and oxygen atoms in total. The Morgan fingerprint density at radius 2 is 1.62 bits per heavy atom. The van der Waals surface area contributed by atoms with E-state index in [1.165, 1.54) is 49.9 Å². The van der Waals surface area contributed by atoms with Crippen molar-refractivity contribution in [2.24, 2.45) is 0 Å². The van der Waals surface area contributed by atoms with Gasteiger partial charge in [0.15, 0.2) is 5.13 Å². The smallest absolute Gasteiger partial charge is 0.324 e. The minimum atomic E-state index is 0.0358. The zero-order chi connectivity index (χ0) is 19.9. The van der Waals surface area contributed by atoms with Crippen LogP contribution < -0.4 is 10.1 Å². The summed E-state index contributed by atoms with van der Waals surface area (Å²) in [6, 6.07) is 10.5. The van der Waals surface area contributed by atoms with Crippen LogP contribution in [0.1, 0.15) is 69.9 Å². The summed E-state index contributed by atoms with van der Waals surface area (Å²) < 4.78 is 5.77. The average molecular weight is 414 g/mol. The summed E-state index contributed by atoms with van der Waals surface area (Å²) in [5.41, 5.74) is 0.844. The van der Waals surface area contributed by atoms with Crippen LogP contribution in [0.15, 0.2) is 35.7 Å². The largest absolute Gasteiger partial charge is 0.487 e. The topological polar surface area (TPSA) is 54.5 Å². The van der Waals surface area contributed by atoms with Crippen LogP contribution in [0.3, 0.4) is 0 Å². The van der Waals surface area contributed by atoms with Crippen molar-refractivity contribution in [3.8, 4) is 5.75 Å². The molecule has 156 valence electrons. The maximum Gasteiger partial charge on any atom is 0.324 e. The highest BCUT2D eigenvalue weighted by atomic mass is 32.1. The number of benzene rings is 1. The summed E-state index contributed by atoms with van der Waals surface area (Å²) in [5.74, 6) is 0.826. The molecule has 0 spiro atoms. The second-order valence-corrected chi connectivity index (χ2v) is 9.02. The molecule has 1 N–H and O–H groups in total. The lowest BCUT2D eigenvalue weighted by Crippen LogP contribution is -2.50. The van der Waals surface area contributed by atoms with Gasteiger partial charge in [-0.2, -0.15) is 0 Å². The quantitative estimate of drug-likeness (QED) is 0.611. The predicted molar refractivity (Wildman–Crippen MR) is 117 cm³/mol. The number of ether oxygens (including phenoxy) is 1. The van der Waals surface area contributed by atoms with E-state index in [0.717, 1.165) is 37.1 Å². The molecule has 29 heavy (non-hydrogen) atoms. The number of thiazole rings is 1. The third kappa shape index (κ3) is 5.50. The van der Waals surface area contributed by atoms with Gasteiger partial charge in [-0.25, -0.2) is 9.78 Å². The molecule has 0 atom stereocenters. The van der Waals surface area contributed by atoms with Crippen LogP contribution in [0, 0.1) is 0 Å². The molecular weight excluding hydrogens is 382 g/mol. The maximum atomic E-state index is 13.3. The van der Waals surface area contributed by atoms with Crippen LogP contribution in [-0.2, 0) is 6.61 Å². The number of urea groups is 1. The van der Waals surface area contributed by atoms with Gasteiger partial charge in [0.1, 0.15) is 12.4 Å². The summed E-state index contributed by atoms with van der Waals surface area (Å²) in [7, 11) is 0. The normalized spacial score (nSPS) is 18.3. The fourth-order valence-electron chi connectivity index (χ4n) is 4.61. The first-order chi connectivity index (χ1) is 14.3. The van der Waals surface area contributed by atoms with Crippen molar-refractivity contribution in [2.75, 3.05) is 5.32 Å². The van der Waals surface area contributed by atoms with Gasteiger partial charge < -0.3 is 9.64 Å². The molecule has 2 fully saturated rings. The first-order valence-electron chi connectivity index (χ1n) is 11.0. The van der Waals surface area contributed by atoms with Crippen LogP contribution in [0.5, 0.6) is 5.75 Å². The fraction of sp³-hybridized carbons (Fsp3) is 0.565. The average Bonchev–Trinajstić information content (AvgIpc) is 3.22. The van der Waals surface area contributed by atoms with E-state index >= 15 is 0 Å². The lowest BCUT2D eigenvalue weighted by atomic mass is 9.89. The Morgan fingerprint density at radius 3 is 2.24 bits per heavy atom. The van der Waals surface area contributed by atoms with Gasteiger partial charge >= 0.3 is 6.03 Å². The number of nitrogens with one attached hydrogen (secondary N) is 1. The van der Waals surface area contributed by atoms with E-state index in [1.54, 1.807) is 0 Å². The van der Waals surface area contributed by atoms with Crippen LogP contribution in [0.4, 0.5) is 9.93 Å². The van der Waals surface area contributed by atoms with Gasteiger partial charge in [-0.05, 0) is 37.8 Å². The Labute approximate surface area is 177 Å². The summed E-state index contributed by atoms with van der Waals surface area (Å²) in [6.07, 6.45) is 12.1. The van der Waals surface area contributed by atoms with Crippen molar-refractivity contribution >= 4 is 22.5 Å². The lowest BCUT2D eigenvalue weighted by molar-refractivity contribution is 0.114. The third-order valence-corrected chi connectivity index (χ3v) is 6.87. The molecule has 1 aromatic carbocycles. The molecule has 0 radical (unpaired) electrons. The minimum absolute atomic E-state index is 0.0358. The molecule has 2 amide bonds. The van der Waals surface area contributed by atoms with Gasteiger partial charge in [0.05, 0.1) is 5.69 Å². The van der Waals surface area contributed by atoms with Gasteiger partial charge in [0.2, 0.25) is 0 Å². The first-order valence-corrected chi connectivity index (χ1v) is 11.9. The van der Waals surface area contributed by atoms with Crippen LogP contribution in [0.2, 0.25) is 0 Å². The fourth-order valence-corrected chi connectivity index (χ4v) is 5.29. The van der Waals surface area contributed by atoms with Gasteiger partial charge in [0.25, 0.3) is 0 Å². The lowest BCUT2D eigenvalue weighted by Gasteiger charge is -2.41. The Kier molecular flexibility index (Phi) is 7.04. The van der Waals surface area contributed by atoms with Crippen molar-refractivity contribution in [1.29, 1.82) is 0 Å². The monoisotopic (exact) mass is 413 g/mol. The van der Waals surface area contributed by atoms with E-state index in [2.05, 4.69) is 15.2 Å². The number of carbonyl (C=O) groups is 1. The van der Waals surface area contributed by atoms with E-state index in [0.29, 0.717) is 23.8 Å². The van der Waals surface area contributed by atoms with E-state index in [1.807, 2.05) is 35.7 Å². The number of amides is 2. The van der Waals surface area contributed by atoms with Crippen LogP contribution >= 0.6 is 11.3 Å². The number of nitrogens with zero attached hydrogens (tertiary/aromatic N) is 2. The van der Waals surface area contributed by atoms with Gasteiger partial charge in [-0.15, -0.1) is 11.3 Å². The molecule has 4 rings (SSSR count). The predicted octanol–water partition coefficient (Wildman–Crippen LogP) is 6.22. The summed E-state index contributed by atoms with van der Waals surface area (Å²) in [5, 5.41) is 5.72. The standard InChI is InChI=1S/C23H31N3O2S/c27-23(26(19-10-4-1-5-11-19)20-12-6-2-7-13-20)25-22-24-18(17-29-22)16-28-21-14-8-3-9-15-21/h3,8-9,14-15,17,19-20H,1-2,4-7,10-13,16H2,(H,24,25,27). The van der Waals surface area contributed by atoms with Crippen molar-refractivity contribution in [3.63, 3.8) is 0 Å². The number of para-hydroxylation sites is 1. The molecule has 2 aromatic rings. The van der Waals surface area contributed by atoms with E-state index < -0.39 is 0 Å². The highest BCUT2D eigenvalue weighted by Gasteiger charge is 2.32. The molecule has 1 aromatic heterocycles. The summed E-state index contributed by atoms with van der Waals surface area (Å²) in [4.78, 5) is 20.0. The third-order valence-electron chi connectivity index (χ3n) is 6.07. The van der Waals surface area contributed by atoms with Crippen molar-refractivity contribution in [2.45, 2.75) is 82.9 Å². The summed E-state index contributed by atoms with van der Waals surface area (Å²) in [6.45, 7) is 0.408. The SMILES string of the molecule is O=C(Nc1nc(COc2ccccc2)cs1)N(C1CCCCC1)C1CCCCC1. The molecule has 2 saturated carbocycles.